The van der Waals surface area contributed by atoms with Gasteiger partial charge >= 0.3 is 0 Å². The standard InChI is InChI=1S/C15H20O/c1-12-5-4-9-15(10-8-12)11-13-6-2-3-7-14(13)16-15/h2-3,6-7,12H,4-5,8-11H2,1H3. The van der Waals surface area contributed by atoms with Crippen LogP contribution in [0.25, 0.3) is 0 Å². The summed E-state index contributed by atoms with van der Waals surface area (Å²) < 4.78 is 6.26. The Labute approximate surface area is 97.8 Å². The van der Waals surface area contributed by atoms with Crippen molar-refractivity contribution in [3.8, 4) is 5.75 Å². The van der Waals surface area contributed by atoms with Gasteiger partial charge < -0.3 is 4.74 Å². The second kappa shape index (κ2) is 3.80. The minimum absolute atomic E-state index is 0.147. The molecule has 2 unspecified atom stereocenters. The third kappa shape index (κ3) is 1.73. The van der Waals surface area contributed by atoms with E-state index in [9.17, 15) is 0 Å². The van der Waals surface area contributed by atoms with Crippen molar-refractivity contribution in [3.63, 3.8) is 0 Å². The van der Waals surface area contributed by atoms with Crippen molar-refractivity contribution in [2.75, 3.05) is 0 Å². The average molecular weight is 216 g/mol. The first kappa shape index (κ1) is 10.2. The van der Waals surface area contributed by atoms with Gasteiger partial charge in [0.1, 0.15) is 11.4 Å². The predicted molar refractivity (Wildman–Crippen MR) is 65.8 cm³/mol. The highest BCUT2D eigenvalue weighted by Crippen LogP contribution is 2.43. The van der Waals surface area contributed by atoms with Gasteiger partial charge in [0, 0.05) is 6.42 Å². The van der Waals surface area contributed by atoms with Gasteiger partial charge in [-0.1, -0.05) is 31.5 Å². The molecule has 1 nitrogen and oxygen atoms in total. The number of hydrogen-bond acceptors (Lipinski definition) is 1. The fourth-order valence-electron chi connectivity index (χ4n) is 3.20. The van der Waals surface area contributed by atoms with E-state index in [-0.39, 0.29) is 5.60 Å². The van der Waals surface area contributed by atoms with E-state index in [2.05, 4.69) is 31.2 Å². The van der Waals surface area contributed by atoms with Gasteiger partial charge in [-0.3, -0.25) is 0 Å². The van der Waals surface area contributed by atoms with Gasteiger partial charge in [0.05, 0.1) is 0 Å². The van der Waals surface area contributed by atoms with Gasteiger partial charge in [0.15, 0.2) is 0 Å². The van der Waals surface area contributed by atoms with Crippen molar-refractivity contribution in [2.24, 2.45) is 5.92 Å². The fourth-order valence-corrected chi connectivity index (χ4v) is 3.20. The van der Waals surface area contributed by atoms with Crippen molar-refractivity contribution in [1.82, 2.24) is 0 Å². The van der Waals surface area contributed by atoms with Crippen LogP contribution >= 0.6 is 0 Å². The molecule has 1 spiro atoms. The zero-order chi connectivity index (χ0) is 11.0. The van der Waals surface area contributed by atoms with Crippen LogP contribution in [-0.4, -0.2) is 5.60 Å². The lowest BCUT2D eigenvalue weighted by molar-refractivity contribution is 0.0762. The van der Waals surface area contributed by atoms with Crippen molar-refractivity contribution < 1.29 is 4.74 Å². The molecule has 1 heterocycles. The molecular formula is C15H20O. The maximum Gasteiger partial charge on any atom is 0.123 e. The topological polar surface area (TPSA) is 9.23 Å². The molecule has 1 aliphatic heterocycles. The molecule has 16 heavy (non-hydrogen) atoms. The van der Waals surface area contributed by atoms with Gasteiger partial charge in [-0.05, 0) is 43.2 Å². The molecule has 1 aromatic rings. The van der Waals surface area contributed by atoms with E-state index >= 15 is 0 Å². The van der Waals surface area contributed by atoms with E-state index < -0.39 is 0 Å². The van der Waals surface area contributed by atoms with Crippen LogP contribution in [0.15, 0.2) is 24.3 Å². The fraction of sp³-hybridized carbons (Fsp3) is 0.600. The van der Waals surface area contributed by atoms with Crippen LogP contribution in [0.4, 0.5) is 0 Å². The molecule has 1 heteroatoms. The number of benzene rings is 1. The monoisotopic (exact) mass is 216 g/mol. The Morgan fingerprint density at radius 3 is 2.94 bits per heavy atom. The van der Waals surface area contributed by atoms with Crippen LogP contribution in [0, 0.1) is 5.92 Å². The third-order valence-corrected chi connectivity index (χ3v) is 4.23. The summed E-state index contributed by atoms with van der Waals surface area (Å²) in [5.41, 5.74) is 1.56. The van der Waals surface area contributed by atoms with Gasteiger partial charge in [0.25, 0.3) is 0 Å². The molecule has 0 N–H and O–H groups in total. The number of ether oxygens (including phenoxy) is 1. The molecule has 0 radical (unpaired) electrons. The molecule has 0 saturated heterocycles. The number of fused-ring (bicyclic) bond motifs is 1. The van der Waals surface area contributed by atoms with Crippen LogP contribution in [-0.2, 0) is 6.42 Å². The largest absolute Gasteiger partial charge is 0.487 e. The Hall–Kier alpha value is -0.980. The molecule has 2 atom stereocenters. The Balaban J connectivity index is 1.82. The molecule has 86 valence electrons. The van der Waals surface area contributed by atoms with E-state index in [1.54, 1.807) is 0 Å². The number of para-hydroxylation sites is 1. The zero-order valence-electron chi connectivity index (χ0n) is 10.0. The van der Waals surface area contributed by atoms with Gasteiger partial charge in [-0.25, -0.2) is 0 Å². The summed E-state index contributed by atoms with van der Waals surface area (Å²) in [6.07, 6.45) is 7.65. The summed E-state index contributed by atoms with van der Waals surface area (Å²) in [6, 6.07) is 8.55. The second-order valence-corrected chi connectivity index (χ2v) is 5.61. The Kier molecular flexibility index (Phi) is 2.42. The molecule has 1 aromatic carbocycles. The lowest BCUT2D eigenvalue weighted by atomic mass is 9.89. The smallest absolute Gasteiger partial charge is 0.123 e. The van der Waals surface area contributed by atoms with Crippen molar-refractivity contribution >= 4 is 0 Å². The van der Waals surface area contributed by atoms with E-state index in [1.165, 1.54) is 37.7 Å². The molecule has 3 rings (SSSR count). The Morgan fingerprint density at radius 2 is 2.06 bits per heavy atom. The SMILES string of the molecule is CC1CCCC2(CC1)Cc1ccccc1O2. The van der Waals surface area contributed by atoms with Crippen molar-refractivity contribution in [3.05, 3.63) is 29.8 Å². The predicted octanol–water partition coefficient (Wildman–Crippen LogP) is 3.96. The molecule has 0 amide bonds. The zero-order valence-corrected chi connectivity index (χ0v) is 10.0. The molecule has 1 aliphatic carbocycles. The highest BCUT2D eigenvalue weighted by atomic mass is 16.5. The van der Waals surface area contributed by atoms with E-state index in [4.69, 9.17) is 4.74 Å². The highest BCUT2D eigenvalue weighted by Gasteiger charge is 2.39. The van der Waals surface area contributed by atoms with Crippen molar-refractivity contribution in [2.45, 2.75) is 51.0 Å². The quantitative estimate of drug-likeness (QED) is 0.638. The molecule has 2 aliphatic rings. The van der Waals surface area contributed by atoms with Crippen LogP contribution < -0.4 is 4.74 Å². The summed E-state index contributed by atoms with van der Waals surface area (Å²) in [4.78, 5) is 0. The van der Waals surface area contributed by atoms with Gasteiger partial charge in [-0.15, -0.1) is 0 Å². The number of hydrogen-bond donors (Lipinski definition) is 0. The summed E-state index contributed by atoms with van der Waals surface area (Å²) in [5, 5.41) is 0. The lowest BCUT2D eigenvalue weighted by Crippen LogP contribution is -2.33. The summed E-state index contributed by atoms with van der Waals surface area (Å²) in [5.74, 6) is 2.02. The van der Waals surface area contributed by atoms with Gasteiger partial charge in [-0.2, -0.15) is 0 Å². The first-order valence-corrected chi connectivity index (χ1v) is 6.54. The molecule has 0 bridgehead atoms. The summed E-state index contributed by atoms with van der Waals surface area (Å²) in [6.45, 7) is 2.38. The van der Waals surface area contributed by atoms with E-state index in [0.717, 1.165) is 18.1 Å². The normalized spacial score (nSPS) is 33.2. The lowest BCUT2D eigenvalue weighted by Gasteiger charge is -2.27. The summed E-state index contributed by atoms with van der Waals surface area (Å²) in [7, 11) is 0. The summed E-state index contributed by atoms with van der Waals surface area (Å²) >= 11 is 0. The highest BCUT2D eigenvalue weighted by molar-refractivity contribution is 5.39. The van der Waals surface area contributed by atoms with Crippen LogP contribution in [0.1, 0.15) is 44.6 Å². The Morgan fingerprint density at radius 1 is 1.19 bits per heavy atom. The molecular weight excluding hydrogens is 196 g/mol. The molecule has 1 fully saturated rings. The minimum atomic E-state index is 0.147. The average Bonchev–Trinajstić information content (AvgIpc) is 2.55. The van der Waals surface area contributed by atoms with Crippen molar-refractivity contribution in [1.29, 1.82) is 0 Å². The molecule has 0 aromatic heterocycles. The van der Waals surface area contributed by atoms with Gasteiger partial charge in [0.2, 0.25) is 0 Å². The first-order chi connectivity index (χ1) is 7.77. The number of rotatable bonds is 0. The second-order valence-electron chi connectivity index (χ2n) is 5.61. The van der Waals surface area contributed by atoms with E-state index in [0.29, 0.717) is 0 Å². The minimum Gasteiger partial charge on any atom is -0.487 e. The van der Waals surface area contributed by atoms with E-state index in [1.807, 2.05) is 0 Å². The Bertz CT molecular complexity index is 358. The maximum atomic E-state index is 6.26. The van der Waals surface area contributed by atoms with Crippen LogP contribution in [0.3, 0.4) is 0 Å². The maximum absolute atomic E-state index is 6.26. The molecule has 1 saturated carbocycles. The third-order valence-electron chi connectivity index (χ3n) is 4.23. The van der Waals surface area contributed by atoms with Crippen LogP contribution in [0.2, 0.25) is 0 Å². The first-order valence-electron chi connectivity index (χ1n) is 6.54. The van der Waals surface area contributed by atoms with Crippen LogP contribution in [0.5, 0.6) is 5.75 Å².